The molecule has 16 heteroatoms. The van der Waals surface area contributed by atoms with Crippen LogP contribution in [-0.4, -0.2) is 67.3 Å². The van der Waals surface area contributed by atoms with E-state index in [0.29, 0.717) is 21.2 Å². The summed E-state index contributed by atoms with van der Waals surface area (Å²) in [6, 6.07) is 6.20. The molecule has 13 nitrogen and oxygen atoms in total. The van der Waals surface area contributed by atoms with Crippen molar-refractivity contribution in [2.24, 2.45) is 5.92 Å². The lowest BCUT2D eigenvalue weighted by Crippen LogP contribution is -2.49. The van der Waals surface area contributed by atoms with Crippen molar-refractivity contribution < 1.29 is 33.0 Å². The lowest BCUT2D eigenvalue weighted by Gasteiger charge is -2.33. The third-order valence-electron chi connectivity index (χ3n) is 7.26. The number of fused-ring (bicyclic) bond motifs is 1. The molecule has 0 radical (unpaired) electrons. The number of esters is 1. The van der Waals surface area contributed by atoms with Crippen LogP contribution in [0.25, 0.3) is 11.2 Å². The Morgan fingerprint density at radius 3 is 2.67 bits per heavy atom. The normalized spacial score (nSPS) is 24.3. The maximum atomic E-state index is 14.1. The summed E-state index contributed by atoms with van der Waals surface area (Å²) in [5.41, 5.74) is 5.51. The van der Waals surface area contributed by atoms with E-state index in [1.807, 2.05) is 13.2 Å². The number of aliphatic hydroxyl groups excluding tert-OH is 1. The van der Waals surface area contributed by atoms with E-state index in [9.17, 15) is 14.5 Å². The zero-order valence-electron chi connectivity index (χ0n) is 23.6. The topological polar surface area (TPSA) is 173 Å². The number of halogens is 1. The van der Waals surface area contributed by atoms with Crippen molar-refractivity contribution in [3.63, 3.8) is 0 Å². The molecule has 1 aromatic carbocycles. The van der Waals surface area contributed by atoms with Crippen LogP contribution in [0.15, 0.2) is 35.6 Å². The third kappa shape index (κ3) is 6.54. The minimum atomic E-state index is -4.24. The van der Waals surface area contributed by atoms with Crippen LogP contribution in [0.3, 0.4) is 0 Å². The number of nitrogen functional groups attached to an aromatic ring is 1. The van der Waals surface area contributed by atoms with Crippen molar-refractivity contribution in [1.29, 1.82) is 0 Å². The number of aromatic nitrogens is 4. The van der Waals surface area contributed by atoms with E-state index in [4.69, 9.17) is 35.9 Å². The van der Waals surface area contributed by atoms with Gasteiger partial charge in [-0.3, -0.25) is 13.9 Å². The third-order valence-corrected chi connectivity index (χ3v) is 9.95. The maximum Gasteiger partial charge on any atom is 0.459 e. The van der Waals surface area contributed by atoms with E-state index >= 15 is 0 Å². The van der Waals surface area contributed by atoms with Gasteiger partial charge in [-0.05, 0) is 63.6 Å². The maximum absolute atomic E-state index is 14.1. The SMILES string of the molecule is CSc1nc(N)nc2c1ncn2[C@@H]1OC(COP(=O)(NC(C)(C)C(=O)OC2CCC2)Oc2ccc(Cl)cc2)[C@@H](O)[C@@H]1C. The Kier molecular flexibility index (Phi) is 9.06. The smallest absolute Gasteiger partial charge is 0.459 e. The van der Waals surface area contributed by atoms with Crippen LogP contribution in [0.2, 0.25) is 5.02 Å². The number of nitrogens with one attached hydrogen (secondary N) is 1. The molecule has 2 aliphatic rings. The standard InChI is InChI=1S/C26H34ClN6O7PS/c1-14-20(34)18(39-23(14)33-13-29-19-21(33)30-25(28)31-22(19)42-4)12-37-41(36,40-17-10-8-15(27)9-11-17)32-26(2,3)24(35)38-16-6-5-7-16/h8-11,13-14,16,18,20,23,34H,5-7,12H2,1-4H3,(H,32,36)(H2,28,30,31)/t14-,18?,20-,23+,41?/m0/s1. The average Bonchev–Trinajstić information content (AvgIpc) is 3.45. The molecule has 5 rings (SSSR count). The molecule has 0 spiro atoms. The number of rotatable bonds is 11. The monoisotopic (exact) mass is 640 g/mol. The van der Waals surface area contributed by atoms with Gasteiger partial charge >= 0.3 is 13.7 Å². The van der Waals surface area contributed by atoms with Crippen LogP contribution in [0.5, 0.6) is 5.75 Å². The van der Waals surface area contributed by atoms with Crippen molar-refractivity contribution in [2.75, 3.05) is 18.6 Å². The lowest BCUT2D eigenvalue weighted by molar-refractivity contribution is -0.159. The Morgan fingerprint density at radius 1 is 1.31 bits per heavy atom. The molecule has 0 bridgehead atoms. The van der Waals surface area contributed by atoms with Crippen molar-refractivity contribution in [2.45, 2.75) is 75.1 Å². The highest BCUT2D eigenvalue weighted by Crippen LogP contribution is 2.48. The van der Waals surface area contributed by atoms with Gasteiger partial charge in [-0.2, -0.15) is 10.1 Å². The summed E-state index contributed by atoms with van der Waals surface area (Å²) in [7, 11) is -4.24. The van der Waals surface area contributed by atoms with Gasteiger partial charge in [-0.1, -0.05) is 18.5 Å². The van der Waals surface area contributed by atoms with Crippen molar-refractivity contribution in [3.05, 3.63) is 35.6 Å². The number of nitrogens with two attached hydrogens (primary N) is 1. The average molecular weight is 641 g/mol. The summed E-state index contributed by atoms with van der Waals surface area (Å²) >= 11 is 7.38. The Labute approximate surface area is 252 Å². The quantitative estimate of drug-likeness (QED) is 0.117. The number of imidazole rings is 1. The molecule has 228 valence electrons. The molecule has 42 heavy (non-hydrogen) atoms. The predicted molar refractivity (Wildman–Crippen MR) is 157 cm³/mol. The summed E-state index contributed by atoms with van der Waals surface area (Å²) in [4.78, 5) is 25.9. The van der Waals surface area contributed by atoms with Gasteiger partial charge in [0.05, 0.1) is 19.0 Å². The molecule has 1 aliphatic heterocycles. The minimum absolute atomic E-state index is 0.0875. The van der Waals surface area contributed by atoms with Crippen LogP contribution in [0, 0.1) is 5.92 Å². The Bertz CT molecular complexity index is 1490. The van der Waals surface area contributed by atoms with E-state index in [0.717, 1.165) is 19.3 Å². The van der Waals surface area contributed by atoms with E-state index in [1.54, 1.807) is 23.0 Å². The largest absolute Gasteiger partial charge is 0.461 e. The number of carbonyl (C=O) groups excluding carboxylic acids is 1. The highest BCUT2D eigenvalue weighted by atomic mass is 35.5. The highest BCUT2D eigenvalue weighted by Gasteiger charge is 2.46. The molecule has 3 heterocycles. The Hall–Kier alpha value is -2.45. The molecule has 5 atom stereocenters. The second-order valence-electron chi connectivity index (χ2n) is 10.9. The van der Waals surface area contributed by atoms with E-state index in [2.05, 4.69) is 20.0 Å². The summed E-state index contributed by atoms with van der Waals surface area (Å²) in [6.07, 6.45) is 3.23. The fourth-order valence-electron chi connectivity index (χ4n) is 4.65. The summed E-state index contributed by atoms with van der Waals surface area (Å²) in [5.74, 6) is -0.725. The van der Waals surface area contributed by atoms with Gasteiger partial charge in [0.2, 0.25) is 5.95 Å². The molecule has 3 aromatic rings. The molecule has 1 aliphatic carbocycles. The summed E-state index contributed by atoms with van der Waals surface area (Å²) in [5, 5.41) is 14.9. The molecular weight excluding hydrogens is 607 g/mol. The highest BCUT2D eigenvalue weighted by molar-refractivity contribution is 7.98. The number of hydrogen-bond donors (Lipinski definition) is 3. The fraction of sp³-hybridized carbons (Fsp3) is 0.538. The minimum Gasteiger partial charge on any atom is -0.461 e. The van der Waals surface area contributed by atoms with Gasteiger partial charge in [-0.25, -0.2) is 14.5 Å². The van der Waals surface area contributed by atoms with Crippen LogP contribution >= 0.6 is 31.1 Å². The van der Waals surface area contributed by atoms with E-state index < -0.39 is 43.6 Å². The fourth-order valence-corrected chi connectivity index (χ4v) is 6.97. The summed E-state index contributed by atoms with van der Waals surface area (Å²) < 4.78 is 39.1. The Morgan fingerprint density at radius 2 is 2.02 bits per heavy atom. The molecule has 2 aromatic heterocycles. The van der Waals surface area contributed by atoms with Gasteiger partial charge in [0, 0.05) is 10.9 Å². The second-order valence-corrected chi connectivity index (χ2v) is 13.8. The van der Waals surface area contributed by atoms with Crippen molar-refractivity contribution in [1.82, 2.24) is 24.6 Å². The van der Waals surface area contributed by atoms with Gasteiger partial charge in [-0.15, -0.1) is 11.8 Å². The van der Waals surface area contributed by atoms with E-state index in [-0.39, 0.29) is 24.4 Å². The predicted octanol–water partition coefficient (Wildman–Crippen LogP) is 4.35. The summed E-state index contributed by atoms with van der Waals surface area (Å²) in [6.45, 7) is 4.56. The number of hydrogen-bond acceptors (Lipinski definition) is 12. The second kappa shape index (κ2) is 12.3. The molecule has 2 unspecified atom stereocenters. The number of thioether (sulfide) groups is 1. The number of anilines is 1. The first-order valence-electron chi connectivity index (χ1n) is 13.5. The number of ether oxygens (including phenoxy) is 2. The lowest BCUT2D eigenvalue weighted by atomic mass is 9.96. The zero-order valence-corrected chi connectivity index (χ0v) is 26.1. The number of benzene rings is 1. The molecule has 4 N–H and O–H groups in total. The van der Waals surface area contributed by atoms with Gasteiger partial charge in [0.25, 0.3) is 0 Å². The molecule has 2 fully saturated rings. The van der Waals surface area contributed by atoms with Gasteiger partial charge in [0.1, 0.15) is 40.3 Å². The van der Waals surface area contributed by atoms with Crippen LogP contribution < -0.4 is 15.3 Å². The molecule has 1 saturated carbocycles. The van der Waals surface area contributed by atoms with E-state index in [1.165, 1.54) is 37.7 Å². The molecular formula is C26H34ClN6O7PS. The first kappa shape index (κ1) is 31.0. The Balaban J connectivity index is 1.34. The van der Waals surface area contributed by atoms with Crippen LogP contribution in [0.4, 0.5) is 5.95 Å². The first-order valence-corrected chi connectivity index (χ1v) is 16.6. The number of carbonyl (C=O) groups is 1. The zero-order chi connectivity index (χ0) is 30.2. The molecule has 0 amide bonds. The molecule has 1 saturated heterocycles. The van der Waals surface area contributed by atoms with Crippen LogP contribution in [0.1, 0.15) is 46.3 Å². The van der Waals surface area contributed by atoms with Crippen molar-refractivity contribution >= 4 is 54.2 Å². The first-order chi connectivity index (χ1) is 19.9. The van der Waals surface area contributed by atoms with Gasteiger partial charge in [0.15, 0.2) is 5.65 Å². The van der Waals surface area contributed by atoms with Gasteiger partial charge < -0.3 is 24.8 Å². The number of aliphatic hydroxyl groups is 1. The van der Waals surface area contributed by atoms with Crippen LogP contribution in [-0.2, 0) is 23.4 Å². The number of nitrogens with zero attached hydrogens (tertiary/aromatic N) is 4. The van der Waals surface area contributed by atoms with Crippen molar-refractivity contribution in [3.8, 4) is 5.75 Å².